The van der Waals surface area contributed by atoms with Crippen molar-refractivity contribution in [3.05, 3.63) is 237 Å². The number of rotatable bonds is 7. The predicted octanol–water partition coefficient (Wildman–Crippen LogP) is 20.6. The highest BCUT2D eigenvalue weighted by Crippen LogP contribution is 2.48. The second kappa shape index (κ2) is 19.1. The molecule has 3 nitrogen and oxygen atoms in total. The molecule has 0 aliphatic heterocycles. The van der Waals surface area contributed by atoms with E-state index in [-0.39, 0.29) is 34.1 Å². The first-order chi connectivity index (χ1) is 38.1. The Hall–Kier alpha value is -9.13. The number of benzene rings is 10. The molecule has 80 heavy (non-hydrogen) atoms. The van der Waals surface area contributed by atoms with Gasteiger partial charge < -0.3 is 9.13 Å². The maximum Gasteiger partial charge on any atom is 0.416 e. The number of fused-ring (bicyclic) bond motifs is 6. The lowest BCUT2D eigenvalue weighted by Gasteiger charge is -2.23. The summed E-state index contributed by atoms with van der Waals surface area (Å²) in [6.07, 6.45) is -10.3. The third-order valence-corrected chi connectivity index (χ3v) is 15.9. The molecule has 12 rings (SSSR count). The minimum absolute atomic E-state index is 0.0564. The van der Waals surface area contributed by atoms with Crippen molar-refractivity contribution in [1.82, 2.24) is 9.13 Å². The standard InChI is InChI=1S/C71H53F6N3/c1-39-9-17-55(43(5)25-39)48-13-21-59-60-22-14-49(56-18-10-40(2)26-44(56)6)34-64(60)79(63(59)33-48)67-29-47(38-78)30-68(69(67)52-31-53(70(72,73)74)37-54(32-52)71(75,76)77)80-65-35-50(57-19-11-41(3)27-45(57)7)15-23-61(65)62-24-16-51(36-66(62)80)58-20-12-42(4)28-46(58)8/h9-37H,1-8H3. The third-order valence-electron chi connectivity index (χ3n) is 15.9. The van der Waals surface area contributed by atoms with Crippen molar-refractivity contribution < 1.29 is 26.3 Å². The summed E-state index contributed by atoms with van der Waals surface area (Å²) in [5.74, 6) is 0. The Balaban J connectivity index is 1.30. The summed E-state index contributed by atoms with van der Waals surface area (Å²) < 4.78 is 96.2. The minimum atomic E-state index is -5.17. The van der Waals surface area contributed by atoms with Crippen LogP contribution in [0.15, 0.2) is 176 Å². The van der Waals surface area contributed by atoms with Crippen LogP contribution in [0.25, 0.3) is 111 Å². The normalized spacial score (nSPS) is 12.1. The first kappa shape index (κ1) is 51.6. The maximum absolute atomic E-state index is 15.4. The lowest BCUT2D eigenvalue weighted by Crippen LogP contribution is -2.12. The van der Waals surface area contributed by atoms with E-state index in [0.717, 1.165) is 123 Å². The molecule has 0 spiro atoms. The zero-order valence-electron chi connectivity index (χ0n) is 45.4. The van der Waals surface area contributed by atoms with Crippen LogP contribution in [0.4, 0.5) is 26.3 Å². The van der Waals surface area contributed by atoms with Gasteiger partial charge in [0, 0.05) is 27.1 Å². The number of halogens is 6. The van der Waals surface area contributed by atoms with Crippen molar-refractivity contribution in [1.29, 1.82) is 5.26 Å². The van der Waals surface area contributed by atoms with Gasteiger partial charge in [0.15, 0.2) is 0 Å². The molecular formula is C71H53F6N3. The minimum Gasteiger partial charge on any atom is -0.308 e. The molecule has 0 amide bonds. The Kier molecular flexibility index (Phi) is 12.3. The number of nitrogens with zero attached hydrogens (tertiary/aromatic N) is 3. The monoisotopic (exact) mass is 1060 g/mol. The van der Waals surface area contributed by atoms with Gasteiger partial charge >= 0.3 is 12.4 Å². The Morgan fingerprint density at radius 1 is 0.325 bits per heavy atom. The molecule has 0 saturated carbocycles. The van der Waals surface area contributed by atoms with Crippen LogP contribution in [0.3, 0.4) is 0 Å². The van der Waals surface area contributed by atoms with E-state index in [1.807, 2.05) is 162 Å². The van der Waals surface area contributed by atoms with Gasteiger partial charge in [-0.1, -0.05) is 144 Å². The second-order valence-corrected chi connectivity index (χ2v) is 21.7. The van der Waals surface area contributed by atoms with E-state index in [1.165, 1.54) is 0 Å². The van der Waals surface area contributed by atoms with Gasteiger partial charge in [-0.15, -0.1) is 0 Å². The smallest absolute Gasteiger partial charge is 0.308 e. The van der Waals surface area contributed by atoms with Crippen molar-refractivity contribution in [2.24, 2.45) is 0 Å². The SMILES string of the molecule is Cc1ccc(-c2ccc3c4ccc(-c5ccc(C)cc5C)cc4n(-c4cc(C#N)cc(-n5c6cc(-c7ccc(C)cc7C)ccc6c6ccc(-c7ccc(C)cc7C)cc65)c4-c4cc(C(F)(F)F)cc(C(F)(F)F)c4)c3c2)c(C)c1. The molecule has 0 radical (unpaired) electrons. The molecule has 9 heteroatoms. The van der Waals surface area contributed by atoms with Crippen LogP contribution in [0.5, 0.6) is 0 Å². The fourth-order valence-electron chi connectivity index (χ4n) is 12.2. The number of aromatic nitrogens is 2. The van der Waals surface area contributed by atoms with Crippen LogP contribution in [0, 0.1) is 66.7 Å². The summed E-state index contributed by atoms with van der Waals surface area (Å²) in [5, 5.41) is 14.5. The lowest BCUT2D eigenvalue weighted by molar-refractivity contribution is -0.143. The van der Waals surface area contributed by atoms with Gasteiger partial charge in [0.05, 0.1) is 56.2 Å². The van der Waals surface area contributed by atoms with Crippen LogP contribution < -0.4 is 0 Å². The van der Waals surface area contributed by atoms with Gasteiger partial charge in [-0.05, 0) is 182 Å². The molecule has 0 N–H and O–H groups in total. The van der Waals surface area contributed by atoms with Gasteiger partial charge in [-0.3, -0.25) is 0 Å². The first-order valence-electron chi connectivity index (χ1n) is 26.5. The van der Waals surface area contributed by atoms with E-state index < -0.39 is 23.5 Å². The average molecular weight is 1060 g/mol. The van der Waals surface area contributed by atoms with Gasteiger partial charge in [0.1, 0.15) is 0 Å². The molecule has 394 valence electrons. The zero-order chi connectivity index (χ0) is 56.3. The van der Waals surface area contributed by atoms with Crippen molar-refractivity contribution in [2.75, 3.05) is 0 Å². The molecule has 10 aromatic carbocycles. The highest BCUT2D eigenvalue weighted by molar-refractivity contribution is 6.14. The summed E-state index contributed by atoms with van der Waals surface area (Å²) >= 11 is 0. The molecule has 2 heterocycles. The lowest BCUT2D eigenvalue weighted by atomic mass is 9.94. The first-order valence-corrected chi connectivity index (χ1v) is 26.5. The number of hydrogen-bond donors (Lipinski definition) is 0. The van der Waals surface area contributed by atoms with E-state index in [1.54, 1.807) is 12.1 Å². The Morgan fingerprint density at radius 2 is 0.613 bits per heavy atom. The van der Waals surface area contributed by atoms with Crippen molar-refractivity contribution in [3.8, 4) is 73.1 Å². The topological polar surface area (TPSA) is 33.6 Å². The highest BCUT2D eigenvalue weighted by atomic mass is 19.4. The molecule has 0 aliphatic carbocycles. The van der Waals surface area contributed by atoms with Gasteiger partial charge in [-0.25, -0.2) is 0 Å². The van der Waals surface area contributed by atoms with Crippen LogP contribution in [-0.2, 0) is 12.4 Å². The summed E-state index contributed by atoms with van der Waals surface area (Å²) in [5.41, 5.74) is 15.5. The number of alkyl halides is 6. The van der Waals surface area contributed by atoms with Gasteiger partial charge in [-0.2, -0.15) is 31.6 Å². The van der Waals surface area contributed by atoms with Crippen LogP contribution in [0.1, 0.15) is 61.2 Å². The van der Waals surface area contributed by atoms with Crippen LogP contribution >= 0.6 is 0 Å². The van der Waals surface area contributed by atoms with Gasteiger partial charge in [0.2, 0.25) is 0 Å². The molecule has 12 aromatic rings. The summed E-state index contributed by atoms with van der Waals surface area (Å²) in [6, 6.07) is 56.6. The molecule has 0 aliphatic rings. The maximum atomic E-state index is 15.4. The van der Waals surface area contributed by atoms with Gasteiger partial charge in [0.25, 0.3) is 0 Å². The Bertz CT molecular complexity index is 4120. The van der Waals surface area contributed by atoms with E-state index in [4.69, 9.17) is 0 Å². The molecule has 0 unspecified atom stereocenters. The fraction of sp³-hybridized carbons (Fsp3) is 0.141. The van der Waals surface area contributed by atoms with Crippen LogP contribution in [-0.4, -0.2) is 9.13 Å². The Labute approximate surface area is 460 Å². The van der Waals surface area contributed by atoms with Crippen molar-refractivity contribution in [3.63, 3.8) is 0 Å². The zero-order valence-corrected chi connectivity index (χ0v) is 45.4. The fourth-order valence-corrected chi connectivity index (χ4v) is 12.2. The largest absolute Gasteiger partial charge is 0.416 e. The number of hydrogen-bond acceptors (Lipinski definition) is 1. The molecule has 0 atom stereocenters. The van der Waals surface area contributed by atoms with Crippen molar-refractivity contribution in [2.45, 2.75) is 67.7 Å². The van der Waals surface area contributed by atoms with E-state index in [9.17, 15) is 5.26 Å². The van der Waals surface area contributed by atoms with E-state index in [0.29, 0.717) is 22.1 Å². The average Bonchev–Trinajstić information content (AvgIpc) is 4.09. The quantitative estimate of drug-likeness (QED) is 0.146. The molecule has 2 aromatic heterocycles. The third kappa shape index (κ3) is 8.89. The number of aryl methyl sites for hydroxylation is 8. The summed E-state index contributed by atoms with van der Waals surface area (Å²) in [6.45, 7) is 16.2. The second-order valence-electron chi connectivity index (χ2n) is 21.7. The van der Waals surface area contributed by atoms with Crippen LogP contribution in [0.2, 0.25) is 0 Å². The number of nitriles is 1. The Morgan fingerprint density at radius 3 is 0.863 bits per heavy atom. The molecule has 0 saturated heterocycles. The molecule has 0 fully saturated rings. The molecule has 0 bridgehead atoms. The summed E-state index contributed by atoms with van der Waals surface area (Å²) in [4.78, 5) is 0. The summed E-state index contributed by atoms with van der Waals surface area (Å²) in [7, 11) is 0. The predicted molar refractivity (Wildman–Crippen MR) is 315 cm³/mol. The highest BCUT2D eigenvalue weighted by Gasteiger charge is 2.38. The van der Waals surface area contributed by atoms with E-state index >= 15 is 26.3 Å². The van der Waals surface area contributed by atoms with E-state index in [2.05, 4.69) is 54.6 Å². The van der Waals surface area contributed by atoms with Crippen molar-refractivity contribution >= 4 is 43.6 Å². The molecular weight excluding hydrogens is 1010 g/mol.